The number of esters is 1. The Morgan fingerprint density at radius 3 is 2.52 bits per heavy atom. The summed E-state index contributed by atoms with van der Waals surface area (Å²) in [4.78, 5) is 25.6. The van der Waals surface area contributed by atoms with Crippen molar-refractivity contribution in [1.29, 1.82) is 0 Å². The Labute approximate surface area is 129 Å². The van der Waals surface area contributed by atoms with Crippen LogP contribution in [0.2, 0.25) is 0 Å². The van der Waals surface area contributed by atoms with Crippen LogP contribution in [0, 0.1) is 0 Å². The van der Waals surface area contributed by atoms with Crippen LogP contribution >= 0.6 is 11.8 Å². The number of hydrogen-bond donors (Lipinski definition) is 1. The summed E-state index contributed by atoms with van der Waals surface area (Å²) in [5.41, 5.74) is 1.18. The van der Waals surface area contributed by atoms with E-state index in [-0.39, 0.29) is 11.9 Å². The summed E-state index contributed by atoms with van der Waals surface area (Å²) < 4.78 is 4.91. The normalized spacial score (nSPS) is 15.5. The molecule has 1 saturated heterocycles. The zero-order chi connectivity index (χ0) is 15.1. The summed E-state index contributed by atoms with van der Waals surface area (Å²) in [7, 11) is 0. The molecule has 114 valence electrons. The van der Waals surface area contributed by atoms with Crippen LogP contribution in [-0.2, 0) is 9.53 Å². The largest absolute Gasteiger partial charge is 0.462 e. The fourth-order valence-corrected chi connectivity index (χ4v) is 3.05. The Balaban J connectivity index is 1.84. The molecule has 6 heteroatoms. The molecule has 0 saturated carbocycles. The molecule has 5 nitrogen and oxygen atoms in total. The average molecular weight is 308 g/mol. The van der Waals surface area contributed by atoms with Crippen molar-refractivity contribution in [1.82, 2.24) is 4.90 Å². The Hall–Kier alpha value is -1.53. The molecule has 0 aromatic heterocycles. The first kappa shape index (κ1) is 15.9. The van der Waals surface area contributed by atoms with E-state index in [2.05, 4.69) is 10.2 Å². The molecule has 1 aliphatic rings. The van der Waals surface area contributed by atoms with Crippen LogP contribution in [0.1, 0.15) is 17.3 Å². The number of ether oxygens (including phenoxy) is 1. The maximum atomic E-state index is 12.0. The molecule has 0 spiro atoms. The van der Waals surface area contributed by atoms with Crippen molar-refractivity contribution in [3.05, 3.63) is 29.8 Å². The number of rotatable bonds is 5. The second-order valence-electron chi connectivity index (χ2n) is 4.73. The number of carbonyl (C=O) groups excluding carboxylic acids is 2. The van der Waals surface area contributed by atoms with Gasteiger partial charge in [0.1, 0.15) is 0 Å². The highest BCUT2D eigenvalue weighted by atomic mass is 32.2. The fraction of sp³-hybridized carbons (Fsp3) is 0.467. The number of nitrogens with one attached hydrogen (secondary N) is 1. The molecule has 0 aliphatic carbocycles. The second kappa shape index (κ2) is 8.05. The number of carbonyl (C=O) groups is 2. The summed E-state index contributed by atoms with van der Waals surface area (Å²) in [6.07, 6.45) is 0. The van der Waals surface area contributed by atoms with E-state index in [0.29, 0.717) is 24.4 Å². The first-order valence-electron chi connectivity index (χ1n) is 7.06. The molecule has 1 aromatic rings. The van der Waals surface area contributed by atoms with Crippen LogP contribution in [-0.4, -0.2) is 54.5 Å². The zero-order valence-corrected chi connectivity index (χ0v) is 12.9. The number of benzene rings is 1. The molecule has 0 unspecified atom stereocenters. The van der Waals surface area contributed by atoms with Gasteiger partial charge in [-0.2, -0.15) is 11.8 Å². The first-order chi connectivity index (χ1) is 10.2. The van der Waals surface area contributed by atoms with Gasteiger partial charge in [0.15, 0.2) is 0 Å². The molecule has 2 rings (SSSR count). The van der Waals surface area contributed by atoms with Gasteiger partial charge in [-0.15, -0.1) is 0 Å². The molecular formula is C15H20N2O3S. The standard InChI is InChI=1S/C15H20N2O3S/c1-2-20-15(19)12-3-5-13(6-4-12)16-14(18)11-17-7-9-21-10-8-17/h3-6H,2,7-11H2,1H3,(H,16,18). The van der Waals surface area contributed by atoms with Gasteiger partial charge in [0.2, 0.25) is 5.91 Å². The Morgan fingerprint density at radius 1 is 1.24 bits per heavy atom. The SMILES string of the molecule is CCOC(=O)c1ccc(NC(=O)CN2CCSCC2)cc1. The lowest BCUT2D eigenvalue weighted by molar-refractivity contribution is -0.117. The predicted octanol–water partition coefficient (Wildman–Crippen LogP) is 1.85. The Kier molecular flexibility index (Phi) is 6.07. The van der Waals surface area contributed by atoms with Crippen molar-refractivity contribution in [2.24, 2.45) is 0 Å². The summed E-state index contributed by atoms with van der Waals surface area (Å²) in [5, 5.41) is 2.85. The van der Waals surface area contributed by atoms with E-state index in [0.717, 1.165) is 24.6 Å². The smallest absolute Gasteiger partial charge is 0.338 e. The topological polar surface area (TPSA) is 58.6 Å². The number of amides is 1. The average Bonchev–Trinajstić information content (AvgIpc) is 2.49. The van der Waals surface area contributed by atoms with E-state index in [1.165, 1.54) is 0 Å². The van der Waals surface area contributed by atoms with E-state index in [1.54, 1.807) is 31.2 Å². The summed E-state index contributed by atoms with van der Waals surface area (Å²) in [5.74, 6) is 1.80. The molecule has 1 fully saturated rings. The van der Waals surface area contributed by atoms with Gasteiger partial charge in [0.05, 0.1) is 18.7 Å². The first-order valence-corrected chi connectivity index (χ1v) is 8.21. The maximum Gasteiger partial charge on any atom is 0.338 e. The van der Waals surface area contributed by atoms with Crippen molar-refractivity contribution >= 4 is 29.3 Å². The lowest BCUT2D eigenvalue weighted by Gasteiger charge is -2.25. The minimum Gasteiger partial charge on any atom is -0.462 e. The predicted molar refractivity (Wildman–Crippen MR) is 84.8 cm³/mol. The van der Waals surface area contributed by atoms with Crippen molar-refractivity contribution in [3.63, 3.8) is 0 Å². The van der Waals surface area contributed by atoms with Crippen molar-refractivity contribution in [2.75, 3.05) is 43.1 Å². The number of hydrogen-bond acceptors (Lipinski definition) is 5. The van der Waals surface area contributed by atoms with Crippen LogP contribution in [0.5, 0.6) is 0 Å². The molecule has 1 heterocycles. The molecule has 0 bridgehead atoms. The Morgan fingerprint density at radius 2 is 1.90 bits per heavy atom. The van der Waals surface area contributed by atoms with E-state index >= 15 is 0 Å². The van der Waals surface area contributed by atoms with E-state index in [4.69, 9.17) is 4.74 Å². The van der Waals surface area contributed by atoms with Gasteiger partial charge < -0.3 is 10.1 Å². The lowest BCUT2D eigenvalue weighted by atomic mass is 10.2. The number of thioether (sulfide) groups is 1. The van der Waals surface area contributed by atoms with Crippen LogP contribution in [0.25, 0.3) is 0 Å². The highest BCUT2D eigenvalue weighted by molar-refractivity contribution is 7.99. The molecule has 21 heavy (non-hydrogen) atoms. The van der Waals surface area contributed by atoms with E-state index < -0.39 is 0 Å². The van der Waals surface area contributed by atoms with Gasteiger partial charge in [-0.1, -0.05) is 0 Å². The van der Waals surface area contributed by atoms with Gasteiger partial charge in [-0.3, -0.25) is 9.69 Å². The quantitative estimate of drug-likeness (QED) is 0.841. The third-order valence-corrected chi connectivity index (χ3v) is 4.09. The zero-order valence-electron chi connectivity index (χ0n) is 12.1. The van der Waals surface area contributed by atoms with Gasteiger partial charge in [0.25, 0.3) is 0 Å². The van der Waals surface area contributed by atoms with Crippen molar-refractivity contribution in [2.45, 2.75) is 6.92 Å². The van der Waals surface area contributed by atoms with E-state index in [9.17, 15) is 9.59 Å². The third-order valence-electron chi connectivity index (χ3n) is 3.15. The fourth-order valence-electron chi connectivity index (χ4n) is 2.07. The second-order valence-corrected chi connectivity index (χ2v) is 5.96. The maximum absolute atomic E-state index is 12.0. The van der Waals surface area contributed by atoms with Gasteiger partial charge in [0, 0.05) is 30.3 Å². The van der Waals surface area contributed by atoms with Crippen LogP contribution in [0.4, 0.5) is 5.69 Å². The van der Waals surface area contributed by atoms with E-state index in [1.807, 2.05) is 11.8 Å². The Bertz CT molecular complexity index is 484. The van der Waals surface area contributed by atoms with Gasteiger partial charge >= 0.3 is 5.97 Å². The van der Waals surface area contributed by atoms with Crippen LogP contribution in [0.15, 0.2) is 24.3 Å². The monoisotopic (exact) mass is 308 g/mol. The molecule has 1 aromatic carbocycles. The highest BCUT2D eigenvalue weighted by Crippen LogP contribution is 2.12. The summed E-state index contributed by atoms with van der Waals surface area (Å²) >= 11 is 1.92. The highest BCUT2D eigenvalue weighted by Gasteiger charge is 2.14. The number of anilines is 1. The molecule has 0 radical (unpaired) electrons. The molecule has 1 amide bonds. The molecular weight excluding hydrogens is 288 g/mol. The minimum absolute atomic E-state index is 0.0224. The number of nitrogens with zero attached hydrogens (tertiary/aromatic N) is 1. The van der Waals surface area contributed by atoms with Crippen molar-refractivity contribution in [3.8, 4) is 0 Å². The summed E-state index contributed by atoms with van der Waals surface area (Å²) in [6.45, 7) is 4.46. The van der Waals surface area contributed by atoms with Crippen LogP contribution in [0.3, 0.4) is 0 Å². The third kappa shape index (κ3) is 5.06. The molecule has 1 aliphatic heterocycles. The van der Waals surface area contributed by atoms with Gasteiger partial charge in [-0.05, 0) is 31.2 Å². The van der Waals surface area contributed by atoms with Crippen molar-refractivity contribution < 1.29 is 14.3 Å². The molecule has 0 atom stereocenters. The van der Waals surface area contributed by atoms with Crippen LogP contribution < -0.4 is 5.32 Å². The minimum atomic E-state index is -0.346. The molecule has 1 N–H and O–H groups in total. The summed E-state index contributed by atoms with van der Waals surface area (Å²) in [6, 6.07) is 6.75. The van der Waals surface area contributed by atoms with Gasteiger partial charge in [-0.25, -0.2) is 4.79 Å². The lowest BCUT2D eigenvalue weighted by Crippen LogP contribution is -2.38.